The first kappa shape index (κ1) is 14.7. The van der Waals surface area contributed by atoms with E-state index in [1.165, 1.54) is 0 Å². The summed E-state index contributed by atoms with van der Waals surface area (Å²) in [5, 5.41) is 14.2. The van der Waals surface area contributed by atoms with Crippen molar-refractivity contribution in [2.24, 2.45) is 0 Å². The van der Waals surface area contributed by atoms with Crippen molar-refractivity contribution in [1.82, 2.24) is 0 Å². The molecule has 2 rings (SSSR count). The fourth-order valence-electron chi connectivity index (χ4n) is 1.66. The van der Waals surface area contributed by atoms with E-state index in [0.29, 0.717) is 11.6 Å². The minimum absolute atomic E-state index is 0.133. The number of rotatable bonds is 4. The van der Waals surface area contributed by atoms with Gasteiger partial charge in [0.25, 0.3) is 5.69 Å². The molecule has 0 atom stereocenters. The minimum Gasteiger partial charge on any atom is -0.375 e. The number of hydrogen-bond acceptors (Lipinski definition) is 3. The zero-order chi connectivity index (χ0) is 14.7. The maximum Gasteiger partial charge on any atom is 0.292 e. The molecule has 0 aliphatic rings. The van der Waals surface area contributed by atoms with Crippen LogP contribution in [0.15, 0.2) is 40.9 Å². The Balaban J connectivity index is 2.20. The fraction of sp³-hybridized carbons (Fsp3) is 0.0769. The lowest BCUT2D eigenvalue weighted by atomic mass is 10.2. The molecule has 104 valence electrons. The summed E-state index contributed by atoms with van der Waals surface area (Å²) in [4.78, 5) is 10.3. The van der Waals surface area contributed by atoms with E-state index in [0.717, 1.165) is 28.2 Å². The van der Waals surface area contributed by atoms with Gasteiger partial charge in [-0.1, -0.05) is 17.7 Å². The molecule has 1 N–H and O–H groups in total. The molecule has 0 aliphatic carbocycles. The van der Waals surface area contributed by atoms with Gasteiger partial charge in [-0.25, -0.2) is 4.39 Å². The lowest BCUT2D eigenvalue weighted by Gasteiger charge is -2.08. The Kier molecular flexibility index (Phi) is 4.57. The number of anilines is 1. The average Bonchev–Trinajstić information content (AvgIpc) is 2.40. The molecule has 0 radical (unpaired) electrons. The molecule has 20 heavy (non-hydrogen) atoms. The topological polar surface area (TPSA) is 55.2 Å². The van der Waals surface area contributed by atoms with Crippen LogP contribution in [0.4, 0.5) is 15.8 Å². The SMILES string of the molecule is O=[N+]([O-])c1ccc(F)cc1NCc1ccc(Br)c(Cl)c1. The van der Waals surface area contributed by atoms with Gasteiger partial charge in [-0.3, -0.25) is 10.1 Å². The predicted octanol–water partition coefficient (Wildman–Crippen LogP) is 4.76. The molecule has 0 fully saturated rings. The maximum atomic E-state index is 13.2. The van der Waals surface area contributed by atoms with Crippen molar-refractivity contribution in [3.8, 4) is 0 Å². The van der Waals surface area contributed by atoms with Crippen LogP contribution in [0.25, 0.3) is 0 Å². The van der Waals surface area contributed by atoms with Crippen molar-refractivity contribution in [2.45, 2.75) is 6.54 Å². The lowest BCUT2D eigenvalue weighted by molar-refractivity contribution is -0.384. The summed E-state index contributed by atoms with van der Waals surface area (Å²) in [6, 6.07) is 8.60. The van der Waals surface area contributed by atoms with Gasteiger partial charge in [0.05, 0.1) is 9.95 Å². The summed E-state index contributed by atoms with van der Waals surface area (Å²) < 4.78 is 13.9. The van der Waals surface area contributed by atoms with Gasteiger partial charge in [-0.05, 0) is 39.7 Å². The van der Waals surface area contributed by atoms with E-state index < -0.39 is 10.7 Å². The van der Waals surface area contributed by atoms with Crippen molar-refractivity contribution in [2.75, 3.05) is 5.32 Å². The third-order valence-electron chi connectivity index (χ3n) is 2.62. The van der Waals surface area contributed by atoms with Crippen molar-refractivity contribution < 1.29 is 9.31 Å². The normalized spacial score (nSPS) is 10.3. The second-order valence-corrected chi connectivity index (χ2v) is 5.28. The molecule has 0 saturated carbocycles. The van der Waals surface area contributed by atoms with E-state index in [-0.39, 0.29) is 11.4 Å². The van der Waals surface area contributed by atoms with Crippen molar-refractivity contribution in [1.29, 1.82) is 0 Å². The quantitative estimate of drug-likeness (QED) is 0.632. The Bertz CT molecular complexity index is 667. The standard InChI is InChI=1S/C13H9BrClFN2O2/c14-10-3-1-8(5-11(10)15)7-17-12-6-9(16)2-4-13(12)18(19)20/h1-6,17H,7H2. The van der Waals surface area contributed by atoms with E-state index in [1.54, 1.807) is 12.1 Å². The Morgan fingerprint density at radius 1 is 1.30 bits per heavy atom. The van der Waals surface area contributed by atoms with Crippen LogP contribution in [0, 0.1) is 15.9 Å². The maximum absolute atomic E-state index is 13.2. The molecule has 4 nitrogen and oxygen atoms in total. The summed E-state index contributed by atoms with van der Waals surface area (Å²) >= 11 is 9.23. The molecular weight excluding hydrogens is 351 g/mol. The number of halogens is 3. The molecule has 0 heterocycles. The van der Waals surface area contributed by atoms with Crippen LogP contribution in [-0.4, -0.2) is 4.92 Å². The predicted molar refractivity (Wildman–Crippen MR) is 79.5 cm³/mol. The van der Waals surface area contributed by atoms with Gasteiger partial charge < -0.3 is 5.32 Å². The Morgan fingerprint density at radius 2 is 2.05 bits per heavy atom. The van der Waals surface area contributed by atoms with Crippen LogP contribution >= 0.6 is 27.5 Å². The van der Waals surface area contributed by atoms with Gasteiger partial charge in [0, 0.05) is 23.2 Å². The lowest BCUT2D eigenvalue weighted by Crippen LogP contribution is -2.03. The van der Waals surface area contributed by atoms with Gasteiger partial charge in [0.15, 0.2) is 0 Å². The number of nitro benzene ring substituents is 1. The highest BCUT2D eigenvalue weighted by molar-refractivity contribution is 9.10. The summed E-state index contributed by atoms with van der Waals surface area (Å²) in [7, 11) is 0. The van der Waals surface area contributed by atoms with Crippen LogP contribution in [0.1, 0.15) is 5.56 Å². The molecule has 0 spiro atoms. The molecule has 0 bridgehead atoms. The van der Waals surface area contributed by atoms with Gasteiger partial charge in [-0.15, -0.1) is 0 Å². The highest BCUT2D eigenvalue weighted by Crippen LogP contribution is 2.27. The van der Waals surface area contributed by atoms with Gasteiger partial charge >= 0.3 is 0 Å². The molecular formula is C13H9BrClFN2O2. The van der Waals surface area contributed by atoms with Gasteiger partial charge in [0.1, 0.15) is 11.5 Å². The molecule has 0 aromatic heterocycles. The molecule has 0 aliphatic heterocycles. The molecule has 7 heteroatoms. The Morgan fingerprint density at radius 3 is 2.70 bits per heavy atom. The molecule has 0 saturated heterocycles. The van der Waals surface area contributed by atoms with E-state index >= 15 is 0 Å². The smallest absolute Gasteiger partial charge is 0.292 e. The fourth-order valence-corrected chi connectivity index (χ4v) is 2.11. The van der Waals surface area contributed by atoms with Crippen LogP contribution in [0.5, 0.6) is 0 Å². The number of hydrogen-bond donors (Lipinski definition) is 1. The summed E-state index contributed by atoms with van der Waals surface area (Å²) in [6.07, 6.45) is 0. The summed E-state index contributed by atoms with van der Waals surface area (Å²) in [5.74, 6) is -0.535. The zero-order valence-corrected chi connectivity index (χ0v) is 12.4. The molecule has 0 unspecified atom stereocenters. The number of nitro groups is 1. The van der Waals surface area contributed by atoms with Crippen LogP contribution in [0.3, 0.4) is 0 Å². The average molecular weight is 360 g/mol. The Labute approximate surface area is 127 Å². The summed E-state index contributed by atoms with van der Waals surface area (Å²) in [5.41, 5.74) is 0.792. The monoisotopic (exact) mass is 358 g/mol. The highest BCUT2D eigenvalue weighted by atomic mass is 79.9. The Hall–Kier alpha value is -1.66. The van der Waals surface area contributed by atoms with E-state index in [2.05, 4.69) is 21.2 Å². The second-order valence-electron chi connectivity index (χ2n) is 4.02. The highest BCUT2D eigenvalue weighted by Gasteiger charge is 2.14. The van der Waals surface area contributed by atoms with Crippen molar-refractivity contribution >= 4 is 38.9 Å². The molecule has 2 aromatic rings. The van der Waals surface area contributed by atoms with E-state index in [1.807, 2.05) is 6.07 Å². The van der Waals surface area contributed by atoms with E-state index in [9.17, 15) is 14.5 Å². The first-order valence-corrected chi connectivity index (χ1v) is 6.76. The van der Waals surface area contributed by atoms with Crippen LogP contribution in [-0.2, 0) is 6.54 Å². The number of nitrogens with zero attached hydrogens (tertiary/aromatic N) is 1. The number of nitrogens with one attached hydrogen (secondary N) is 1. The van der Waals surface area contributed by atoms with Crippen molar-refractivity contribution in [3.63, 3.8) is 0 Å². The first-order chi connectivity index (χ1) is 9.47. The molecule has 2 aromatic carbocycles. The first-order valence-electron chi connectivity index (χ1n) is 5.59. The third kappa shape index (κ3) is 3.46. The van der Waals surface area contributed by atoms with Crippen LogP contribution in [0.2, 0.25) is 5.02 Å². The number of benzene rings is 2. The van der Waals surface area contributed by atoms with E-state index in [4.69, 9.17) is 11.6 Å². The third-order valence-corrected chi connectivity index (χ3v) is 3.85. The van der Waals surface area contributed by atoms with Crippen LogP contribution < -0.4 is 5.32 Å². The zero-order valence-electron chi connectivity index (χ0n) is 10.1. The minimum atomic E-state index is -0.559. The van der Waals surface area contributed by atoms with Gasteiger partial charge in [-0.2, -0.15) is 0 Å². The largest absolute Gasteiger partial charge is 0.375 e. The summed E-state index contributed by atoms with van der Waals surface area (Å²) in [6.45, 7) is 0.303. The second kappa shape index (κ2) is 6.19. The van der Waals surface area contributed by atoms with Crippen molar-refractivity contribution in [3.05, 3.63) is 67.4 Å². The van der Waals surface area contributed by atoms with Gasteiger partial charge in [0.2, 0.25) is 0 Å². The molecule has 0 amide bonds.